The molecule has 1 atom stereocenters. The van der Waals surface area contributed by atoms with E-state index in [-0.39, 0.29) is 6.54 Å². The number of H-pyrrole nitrogens is 2. The lowest BCUT2D eigenvalue weighted by atomic mass is 10.2. The molecular formula is C14H13N3O3. The summed E-state index contributed by atoms with van der Waals surface area (Å²) in [6.07, 6.45) is 0.513. The summed E-state index contributed by atoms with van der Waals surface area (Å²) in [5.41, 5.74) is 0.568. The minimum Gasteiger partial charge on any atom is -0.385 e. The third kappa shape index (κ3) is 2.28. The lowest BCUT2D eigenvalue weighted by Gasteiger charge is -2.10. The Morgan fingerprint density at radius 1 is 1.15 bits per heavy atom. The second kappa shape index (κ2) is 4.82. The van der Waals surface area contributed by atoms with Gasteiger partial charge in [0.05, 0.1) is 6.54 Å². The van der Waals surface area contributed by atoms with Gasteiger partial charge in [-0.15, -0.1) is 0 Å². The first-order valence-electron chi connectivity index (χ1n) is 6.19. The molecule has 6 nitrogen and oxygen atoms in total. The minimum absolute atomic E-state index is 0.0719. The Bertz CT molecular complexity index is 826. The van der Waals surface area contributed by atoms with Crippen molar-refractivity contribution in [2.45, 2.75) is 12.6 Å². The standard InChI is InChI=1S/C14H13N3O3/c18-12(8-17-6-5-13(19)16-14(17)20)11-7-9-3-1-2-4-10(9)15-11/h1-7,12,15,18H,8H2,(H,16,19,20). The molecule has 0 radical (unpaired) electrons. The summed E-state index contributed by atoms with van der Waals surface area (Å²) in [6.45, 7) is 0.0719. The number of nitrogens with zero attached hydrogens (tertiary/aromatic N) is 1. The molecule has 0 saturated heterocycles. The number of para-hydroxylation sites is 1. The fourth-order valence-electron chi connectivity index (χ4n) is 2.15. The van der Waals surface area contributed by atoms with Crippen LogP contribution in [0.1, 0.15) is 11.8 Å². The van der Waals surface area contributed by atoms with Crippen LogP contribution < -0.4 is 11.2 Å². The van der Waals surface area contributed by atoms with Gasteiger partial charge in [-0.2, -0.15) is 0 Å². The van der Waals surface area contributed by atoms with E-state index in [2.05, 4.69) is 9.97 Å². The first-order chi connectivity index (χ1) is 9.63. The highest BCUT2D eigenvalue weighted by Crippen LogP contribution is 2.20. The largest absolute Gasteiger partial charge is 0.385 e. The lowest BCUT2D eigenvalue weighted by molar-refractivity contribution is 0.150. The molecule has 2 aromatic heterocycles. The van der Waals surface area contributed by atoms with Crippen molar-refractivity contribution in [3.63, 3.8) is 0 Å². The van der Waals surface area contributed by atoms with Crippen molar-refractivity contribution >= 4 is 10.9 Å². The summed E-state index contributed by atoms with van der Waals surface area (Å²) >= 11 is 0. The van der Waals surface area contributed by atoms with E-state index >= 15 is 0 Å². The number of hydrogen-bond donors (Lipinski definition) is 3. The van der Waals surface area contributed by atoms with Crippen molar-refractivity contribution in [2.75, 3.05) is 0 Å². The normalized spacial score (nSPS) is 12.7. The van der Waals surface area contributed by atoms with Crippen molar-refractivity contribution in [1.82, 2.24) is 14.5 Å². The number of hydrogen-bond acceptors (Lipinski definition) is 3. The van der Waals surface area contributed by atoms with Crippen molar-refractivity contribution in [1.29, 1.82) is 0 Å². The van der Waals surface area contributed by atoms with Crippen LogP contribution in [0, 0.1) is 0 Å². The molecule has 0 spiro atoms. The number of rotatable bonds is 3. The van der Waals surface area contributed by atoms with Gasteiger partial charge >= 0.3 is 5.69 Å². The topological polar surface area (TPSA) is 90.9 Å². The van der Waals surface area contributed by atoms with Gasteiger partial charge in [0.15, 0.2) is 0 Å². The maximum Gasteiger partial charge on any atom is 0.328 e. The van der Waals surface area contributed by atoms with Crippen LogP contribution in [0.25, 0.3) is 10.9 Å². The van der Waals surface area contributed by atoms with Gasteiger partial charge in [-0.05, 0) is 17.5 Å². The number of aliphatic hydroxyl groups excluding tert-OH is 1. The molecule has 3 rings (SSSR count). The molecular weight excluding hydrogens is 258 g/mol. The van der Waals surface area contributed by atoms with Gasteiger partial charge in [-0.3, -0.25) is 14.3 Å². The summed E-state index contributed by atoms with van der Waals surface area (Å²) < 4.78 is 1.26. The van der Waals surface area contributed by atoms with Gasteiger partial charge in [0.25, 0.3) is 5.56 Å². The average molecular weight is 271 g/mol. The highest BCUT2D eigenvalue weighted by molar-refractivity contribution is 5.80. The van der Waals surface area contributed by atoms with E-state index in [1.54, 1.807) is 0 Å². The molecule has 20 heavy (non-hydrogen) atoms. The maximum absolute atomic E-state index is 11.6. The number of nitrogens with one attached hydrogen (secondary N) is 2. The van der Waals surface area contributed by atoms with Crippen LogP contribution in [0.5, 0.6) is 0 Å². The van der Waals surface area contributed by atoms with E-state index in [9.17, 15) is 14.7 Å². The molecule has 2 heterocycles. The Labute approximate surface area is 113 Å². The number of benzene rings is 1. The highest BCUT2D eigenvalue weighted by atomic mass is 16.3. The maximum atomic E-state index is 11.6. The number of fused-ring (bicyclic) bond motifs is 1. The van der Waals surface area contributed by atoms with Crippen LogP contribution in [-0.4, -0.2) is 19.6 Å². The van der Waals surface area contributed by atoms with E-state index in [1.807, 2.05) is 30.3 Å². The van der Waals surface area contributed by atoms with Crippen LogP contribution in [0.2, 0.25) is 0 Å². The fraction of sp³-hybridized carbons (Fsp3) is 0.143. The van der Waals surface area contributed by atoms with Gasteiger partial charge in [0, 0.05) is 23.5 Å². The van der Waals surface area contributed by atoms with Crippen LogP contribution in [-0.2, 0) is 6.54 Å². The van der Waals surface area contributed by atoms with E-state index in [4.69, 9.17) is 0 Å². The molecule has 0 aliphatic heterocycles. The van der Waals surface area contributed by atoms with Gasteiger partial charge in [0.2, 0.25) is 0 Å². The zero-order valence-electron chi connectivity index (χ0n) is 10.5. The summed E-state index contributed by atoms with van der Waals surface area (Å²) in [5, 5.41) is 11.2. The molecule has 0 fully saturated rings. The molecule has 1 unspecified atom stereocenters. The van der Waals surface area contributed by atoms with E-state index in [0.29, 0.717) is 5.69 Å². The molecule has 102 valence electrons. The summed E-state index contributed by atoms with van der Waals surface area (Å²) in [6, 6.07) is 10.8. The number of aliphatic hydroxyl groups is 1. The Hall–Kier alpha value is -2.60. The smallest absolute Gasteiger partial charge is 0.328 e. The average Bonchev–Trinajstić information content (AvgIpc) is 2.86. The zero-order chi connectivity index (χ0) is 14.1. The number of aromatic amines is 2. The van der Waals surface area contributed by atoms with E-state index in [1.165, 1.54) is 16.8 Å². The molecule has 0 aliphatic carbocycles. The van der Waals surface area contributed by atoms with Crippen LogP contribution in [0.15, 0.2) is 52.2 Å². The predicted molar refractivity (Wildman–Crippen MR) is 74.6 cm³/mol. The quantitative estimate of drug-likeness (QED) is 0.656. The van der Waals surface area contributed by atoms with E-state index in [0.717, 1.165) is 10.9 Å². The van der Waals surface area contributed by atoms with Crippen molar-refractivity contribution < 1.29 is 5.11 Å². The van der Waals surface area contributed by atoms with Crippen molar-refractivity contribution in [2.24, 2.45) is 0 Å². The molecule has 0 saturated carbocycles. The lowest BCUT2D eigenvalue weighted by Crippen LogP contribution is -2.30. The molecule has 0 bridgehead atoms. The first kappa shape index (κ1) is 12.4. The highest BCUT2D eigenvalue weighted by Gasteiger charge is 2.12. The second-order valence-electron chi connectivity index (χ2n) is 4.59. The molecule has 6 heteroatoms. The predicted octanol–water partition coefficient (Wildman–Crippen LogP) is 0.752. The second-order valence-corrected chi connectivity index (χ2v) is 4.59. The van der Waals surface area contributed by atoms with Gasteiger partial charge < -0.3 is 10.1 Å². The van der Waals surface area contributed by atoms with Gasteiger partial charge in [-0.25, -0.2) is 4.79 Å². The minimum atomic E-state index is -0.856. The van der Waals surface area contributed by atoms with Crippen LogP contribution in [0.4, 0.5) is 0 Å². The SMILES string of the molecule is O=c1ccn(CC(O)c2cc3ccccc3[nH]2)c(=O)[nH]1. The molecule has 0 aliphatic rings. The van der Waals surface area contributed by atoms with Gasteiger partial charge in [-0.1, -0.05) is 18.2 Å². The van der Waals surface area contributed by atoms with Crippen molar-refractivity contribution in [3.8, 4) is 0 Å². The molecule has 3 aromatic rings. The monoisotopic (exact) mass is 271 g/mol. The molecule has 0 amide bonds. The first-order valence-corrected chi connectivity index (χ1v) is 6.19. The Morgan fingerprint density at radius 3 is 2.70 bits per heavy atom. The third-order valence-corrected chi connectivity index (χ3v) is 3.18. The molecule has 3 N–H and O–H groups in total. The van der Waals surface area contributed by atoms with Crippen molar-refractivity contribution in [3.05, 3.63) is 69.1 Å². The molecule has 1 aromatic carbocycles. The summed E-state index contributed by atoms with van der Waals surface area (Å²) in [4.78, 5) is 27.8. The van der Waals surface area contributed by atoms with Crippen LogP contribution >= 0.6 is 0 Å². The van der Waals surface area contributed by atoms with E-state index < -0.39 is 17.4 Å². The Kier molecular flexibility index (Phi) is 3.00. The fourth-order valence-corrected chi connectivity index (χ4v) is 2.15. The van der Waals surface area contributed by atoms with Crippen LogP contribution in [0.3, 0.4) is 0 Å². The Balaban J connectivity index is 1.90. The third-order valence-electron chi connectivity index (χ3n) is 3.18. The van der Waals surface area contributed by atoms with Gasteiger partial charge in [0.1, 0.15) is 6.10 Å². The Morgan fingerprint density at radius 2 is 1.95 bits per heavy atom. The zero-order valence-corrected chi connectivity index (χ0v) is 10.5. The summed E-state index contributed by atoms with van der Waals surface area (Å²) in [7, 11) is 0. The number of aromatic nitrogens is 3. The summed E-state index contributed by atoms with van der Waals surface area (Å²) in [5.74, 6) is 0.